The Hall–Kier alpha value is -4.75. The molecule has 1 aliphatic heterocycles. The van der Waals surface area contributed by atoms with Gasteiger partial charge in [-0.15, -0.1) is 0 Å². The molecule has 0 bridgehead atoms. The van der Waals surface area contributed by atoms with Crippen molar-refractivity contribution in [2.45, 2.75) is 26.3 Å². The summed E-state index contributed by atoms with van der Waals surface area (Å²) in [4.78, 5) is 30.4. The lowest BCUT2D eigenvalue weighted by Crippen LogP contribution is -2.31. The van der Waals surface area contributed by atoms with Crippen LogP contribution < -0.4 is 10.6 Å². The van der Waals surface area contributed by atoms with E-state index in [1.807, 2.05) is 73.7 Å². The van der Waals surface area contributed by atoms with E-state index in [9.17, 15) is 14.7 Å². The molecule has 7 heteroatoms. The fourth-order valence-corrected chi connectivity index (χ4v) is 4.28. The molecule has 2 aromatic carbocycles. The first-order valence-electron chi connectivity index (χ1n) is 13.4. The normalized spacial score (nSPS) is 16.8. The Balaban J connectivity index is 1.98. The molecule has 0 saturated heterocycles. The number of ether oxygens (including phenoxy) is 1. The predicted octanol–water partition coefficient (Wildman–Crippen LogP) is 6.43. The number of hydrogen-bond acceptors (Lipinski definition) is 5. The van der Waals surface area contributed by atoms with Gasteiger partial charge in [-0.2, -0.15) is 0 Å². The highest BCUT2D eigenvalue weighted by Gasteiger charge is 2.22. The van der Waals surface area contributed by atoms with Crippen molar-refractivity contribution in [3.63, 3.8) is 0 Å². The van der Waals surface area contributed by atoms with Crippen LogP contribution in [0.3, 0.4) is 0 Å². The molecular weight excluding hydrogens is 514 g/mol. The largest absolute Gasteiger partial charge is 0.478 e. The number of aromatic carboxylic acids is 1. The van der Waals surface area contributed by atoms with E-state index in [-0.39, 0.29) is 17.7 Å². The molecule has 3 N–H and O–H groups in total. The summed E-state index contributed by atoms with van der Waals surface area (Å²) in [7, 11) is 1.56. The molecule has 2 aromatic rings. The van der Waals surface area contributed by atoms with Gasteiger partial charge >= 0.3 is 5.97 Å². The molecule has 0 aliphatic carbocycles. The van der Waals surface area contributed by atoms with Gasteiger partial charge in [0.25, 0.3) is 5.91 Å². The highest BCUT2D eigenvalue weighted by Crippen LogP contribution is 2.28. The quantitative estimate of drug-likeness (QED) is 0.280. The number of allylic oxidation sites excluding steroid dienone is 6. The zero-order valence-electron chi connectivity index (χ0n) is 23.8. The molecule has 3 rings (SSSR count). The molecule has 0 radical (unpaired) electrons. The maximum Gasteiger partial charge on any atom is 0.336 e. The number of nitrogens with one attached hydrogen (secondary N) is 2. The summed E-state index contributed by atoms with van der Waals surface area (Å²) < 4.78 is 5.30. The van der Waals surface area contributed by atoms with Gasteiger partial charge in [-0.3, -0.25) is 9.79 Å². The first kappa shape index (κ1) is 30.8. The van der Waals surface area contributed by atoms with Crippen molar-refractivity contribution in [2.24, 2.45) is 4.99 Å². The molecule has 212 valence electrons. The van der Waals surface area contributed by atoms with Crippen LogP contribution in [0.5, 0.6) is 0 Å². The second-order valence-electron chi connectivity index (χ2n) is 9.35. The molecule has 41 heavy (non-hydrogen) atoms. The second kappa shape index (κ2) is 15.1. The van der Waals surface area contributed by atoms with E-state index in [2.05, 4.69) is 30.7 Å². The number of carbonyl (C=O) groups is 2. The minimum absolute atomic E-state index is 0.0485. The molecule has 0 saturated carbocycles. The van der Waals surface area contributed by atoms with Gasteiger partial charge in [-0.1, -0.05) is 92.4 Å². The van der Waals surface area contributed by atoms with Gasteiger partial charge in [-0.25, -0.2) is 4.79 Å². The van der Waals surface area contributed by atoms with E-state index in [1.165, 1.54) is 6.07 Å². The molecule has 1 amide bonds. The second-order valence-corrected chi connectivity index (χ2v) is 9.35. The summed E-state index contributed by atoms with van der Waals surface area (Å²) in [6.07, 6.45) is 12.3. The van der Waals surface area contributed by atoms with Gasteiger partial charge < -0.3 is 20.5 Å². The Morgan fingerprint density at radius 1 is 1.17 bits per heavy atom. The SMILES string of the molecule is C=C1/C=C\C(CC)=C/CN=C(/C(=C/C=C/C)C(=C)c2ccc(C(=O)N[C@H](COC)c3ccccc3)cc2C(=O)O)N1. The van der Waals surface area contributed by atoms with Crippen LogP contribution in [0.2, 0.25) is 0 Å². The summed E-state index contributed by atoms with van der Waals surface area (Å²) in [5.41, 5.74) is 4.24. The van der Waals surface area contributed by atoms with E-state index < -0.39 is 17.9 Å². The molecule has 0 spiro atoms. The highest BCUT2D eigenvalue weighted by atomic mass is 16.5. The van der Waals surface area contributed by atoms with Gasteiger partial charge in [-0.05, 0) is 48.3 Å². The summed E-state index contributed by atoms with van der Waals surface area (Å²) in [5.74, 6) is -1.08. The lowest BCUT2D eigenvalue weighted by atomic mass is 9.92. The smallest absolute Gasteiger partial charge is 0.336 e. The first-order valence-corrected chi connectivity index (χ1v) is 13.4. The fourth-order valence-electron chi connectivity index (χ4n) is 4.28. The van der Waals surface area contributed by atoms with Crippen LogP contribution in [0.4, 0.5) is 0 Å². The maximum absolute atomic E-state index is 13.2. The number of methoxy groups -OCH3 is 1. The lowest BCUT2D eigenvalue weighted by molar-refractivity contribution is 0.0696. The molecule has 0 aromatic heterocycles. The number of hydrogen-bond donors (Lipinski definition) is 3. The van der Waals surface area contributed by atoms with Crippen molar-refractivity contribution in [3.05, 3.63) is 137 Å². The Morgan fingerprint density at radius 3 is 2.59 bits per heavy atom. The third kappa shape index (κ3) is 8.37. The van der Waals surface area contributed by atoms with Crippen molar-refractivity contribution < 1.29 is 19.4 Å². The topological polar surface area (TPSA) is 100 Å². The molecule has 7 nitrogen and oxygen atoms in total. The van der Waals surface area contributed by atoms with Crippen LogP contribution in [-0.4, -0.2) is 43.1 Å². The van der Waals surface area contributed by atoms with Crippen LogP contribution in [0.15, 0.2) is 120 Å². The zero-order chi connectivity index (χ0) is 29.8. The fraction of sp³-hybridized carbons (Fsp3) is 0.206. The van der Waals surface area contributed by atoms with Crippen LogP contribution in [0.25, 0.3) is 5.57 Å². The van der Waals surface area contributed by atoms with Crippen LogP contribution >= 0.6 is 0 Å². The average molecular weight is 552 g/mol. The number of amidine groups is 1. The summed E-state index contributed by atoms with van der Waals surface area (Å²) in [5, 5.41) is 16.3. The van der Waals surface area contributed by atoms with E-state index in [4.69, 9.17) is 9.73 Å². The molecular formula is C34H37N3O4. The van der Waals surface area contributed by atoms with Crippen molar-refractivity contribution in [1.82, 2.24) is 10.6 Å². The van der Waals surface area contributed by atoms with E-state index in [0.29, 0.717) is 34.8 Å². The van der Waals surface area contributed by atoms with Crippen LogP contribution in [0, 0.1) is 0 Å². The van der Waals surface area contributed by atoms with Gasteiger partial charge in [0.05, 0.1) is 24.8 Å². The van der Waals surface area contributed by atoms with E-state index in [1.54, 1.807) is 19.2 Å². The van der Waals surface area contributed by atoms with Gasteiger partial charge in [0.1, 0.15) is 5.84 Å². The van der Waals surface area contributed by atoms with Crippen molar-refractivity contribution in [3.8, 4) is 0 Å². The minimum atomic E-state index is -1.18. The monoisotopic (exact) mass is 551 g/mol. The molecule has 1 atom stereocenters. The molecule has 1 heterocycles. The average Bonchev–Trinajstić information content (AvgIpc) is 3.07. The lowest BCUT2D eigenvalue weighted by Gasteiger charge is -2.20. The number of nitrogens with zero attached hydrogens (tertiary/aromatic N) is 1. The number of carboxylic acids is 1. The van der Waals surface area contributed by atoms with E-state index in [0.717, 1.165) is 17.6 Å². The Bertz CT molecular complexity index is 1450. The number of rotatable bonds is 11. The number of benzene rings is 2. The Kier molecular flexibility index (Phi) is 11.4. The summed E-state index contributed by atoms with van der Waals surface area (Å²) in [6, 6.07) is 13.6. The highest BCUT2D eigenvalue weighted by molar-refractivity contribution is 6.14. The molecule has 1 aliphatic rings. The predicted molar refractivity (Wildman–Crippen MR) is 166 cm³/mol. The van der Waals surface area contributed by atoms with Crippen molar-refractivity contribution >= 4 is 23.3 Å². The third-order valence-corrected chi connectivity index (χ3v) is 6.50. The van der Waals surface area contributed by atoms with Crippen LogP contribution in [-0.2, 0) is 4.74 Å². The Labute approximate surface area is 242 Å². The minimum Gasteiger partial charge on any atom is -0.478 e. The van der Waals surface area contributed by atoms with Crippen molar-refractivity contribution in [2.75, 3.05) is 20.3 Å². The van der Waals surface area contributed by atoms with Gasteiger partial charge in [0.15, 0.2) is 0 Å². The summed E-state index contributed by atoms with van der Waals surface area (Å²) in [6.45, 7) is 13.0. The number of aliphatic imine (C=N–C) groups is 1. The summed E-state index contributed by atoms with van der Waals surface area (Å²) >= 11 is 0. The number of carboxylic acid groups (broad SMARTS) is 1. The van der Waals surface area contributed by atoms with Crippen molar-refractivity contribution in [1.29, 1.82) is 0 Å². The molecule has 0 unspecified atom stereocenters. The molecule has 0 fully saturated rings. The maximum atomic E-state index is 13.2. The Morgan fingerprint density at radius 2 is 1.93 bits per heavy atom. The number of carbonyl (C=O) groups excluding carboxylic acids is 1. The number of amides is 1. The standard InChI is InChI=1S/C34H37N3O4/c1-6-8-14-29(32-35-20-19-25(7-2)16-15-23(3)36-32)24(4)28-18-17-27(21-30(28)34(39)40)33(38)37-31(22-41-5)26-12-10-9-11-13-26/h6,8-19,21,31H,3-4,7,20,22H2,1-2,5H3,(H,35,36)(H,37,38)(H,39,40)/b8-6+,16-15-,25-19-,29-14+/t31-/m1/s1. The third-order valence-electron chi connectivity index (χ3n) is 6.50. The van der Waals surface area contributed by atoms with Crippen LogP contribution in [0.1, 0.15) is 58.2 Å². The first-order chi connectivity index (χ1) is 19.8. The van der Waals surface area contributed by atoms with Gasteiger partial charge in [0, 0.05) is 23.9 Å². The van der Waals surface area contributed by atoms with Gasteiger partial charge in [0.2, 0.25) is 0 Å². The van der Waals surface area contributed by atoms with E-state index >= 15 is 0 Å². The zero-order valence-corrected chi connectivity index (χ0v) is 23.8.